The van der Waals surface area contributed by atoms with Crippen molar-refractivity contribution in [2.75, 3.05) is 5.32 Å². The fraction of sp³-hybridized carbons (Fsp3) is 0.556. The summed E-state index contributed by atoms with van der Waals surface area (Å²) in [5.41, 5.74) is 7.83. The third-order valence-corrected chi connectivity index (χ3v) is 4.50. The standard InChI is InChI=1S/C18H27N3O2/c1-12(14-7-5-8-16(10-14)21-13(2)22)20-18(23)11-15-6-3-4-9-17(15)19/h5,7-8,10,12,15,17H,3-4,6,9,11,19H2,1-2H3,(H,20,23)(H,21,22). The molecule has 0 aromatic heterocycles. The van der Waals surface area contributed by atoms with Crippen LogP contribution in [-0.2, 0) is 9.59 Å². The molecule has 3 unspecified atom stereocenters. The maximum atomic E-state index is 12.3. The van der Waals surface area contributed by atoms with Crippen LogP contribution in [-0.4, -0.2) is 17.9 Å². The van der Waals surface area contributed by atoms with E-state index in [1.165, 1.54) is 19.8 Å². The van der Waals surface area contributed by atoms with Crippen LogP contribution in [0.4, 0.5) is 5.69 Å². The first-order valence-corrected chi connectivity index (χ1v) is 8.38. The van der Waals surface area contributed by atoms with E-state index in [9.17, 15) is 9.59 Å². The van der Waals surface area contributed by atoms with Gasteiger partial charge < -0.3 is 16.4 Å². The largest absolute Gasteiger partial charge is 0.350 e. The molecule has 0 saturated heterocycles. The Morgan fingerprint density at radius 3 is 2.74 bits per heavy atom. The molecular formula is C18H27N3O2. The summed E-state index contributed by atoms with van der Waals surface area (Å²) in [4.78, 5) is 23.4. The van der Waals surface area contributed by atoms with Gasteiger partial charge in [-0.05, 0) is 43.4 Å². The van der Waals surface area contributed by atoms with Gasteiger partial charge in [0.25, 0.3) is 0 Å². The van der Waals surface area contributed by atoms with Crippen molar-refractivity contribution in [3.05, 3.63) is 29.8 Å². The lowest BCUT2D eigenvalue weighted by Crippen LogP contribution is -2.37. The third-order valence-electron chi connectivity index (χ3n) is 4.50. The predicted octanol–water partition coefficient (Wildman–Crippen LogP) is 2.73. The van der Waals surface area contributed by atoms with Gasteiger partial charge in [0.15, 0.2) is 0 Å². The molecule has 2 rings (SSSR count). The lowest BCUT2D eigenvalue weighted by Gasteiger charge is -2.28. The van der Waals surface area contributed by atoms with Crippen molar-refractivity contribution in [1.29, 1.82) is 0 Å². The molecule has 0 aliphatic heterocycles. The monoisotopic (exact) mass is 317 g/mol. The smallest absolute Gasteiger partial charge is 0.221 e. The lowest BCUT2D eigenvalue weighted by atomic mass is 9.83. The molecule has 2 amide bonds. The number of hydrogen-bond acceptors (Lipinski definition) is 3. The number of anilines is 1. The number of nitrogens with one attached hydrogen (secondary N) is 2. The van der Waals surface area contributed by atoms with Gasteiger partial charge in [-0.2, -0.15) is 0 Å². The van der Waals surface area contributed by atoms with Crippen molar-refractivity contribution in [2.24, 2.45) is 11.7 Å². The van der Waals surface area contributed by atoms with Gasteiger partial charge >= 0.3 is 0 Å². The molecule has 1 saturated carbocycles. The van der Waals surface area contributed by atoms with Gasteiger partial charge in [-0.25, -0.2) is 0 Å². The van der Waals surface area contributed by atoms with Gasteiger partial charge in [0.05, 0.1) is 6.04 Å². The fourth-order valence-electron chi connectivity index (χ4n) is 3.20. The summed E-state index contributed by atoms with van der Waals surface area (Å²) in [6.07, 6.45) is 4.90. The second-order valence-corrected chi connectivity index (χ2v) is 6.51. The van der Waals surface area contributed by atoms with Crippen molar-refractivity contribution in [2.45, 2.75) is 58.0 Å². The van der Waals surface area contributed by atoms with E-state index in [-0.39, 0.29) is 23.9 Å². The Morgan fingerprint density at radius 2 is 2.04 bits per heavy atom. The van der Waals surface area contributed by atoms with E-state index in [4.69, 9.17) is 5.73 Å². The Balaban J connectivity index is 1.91. The van der Waals surface area contributed by atoms with Gasteiger partial charge in [-0.15, -0.1) is 0 Å². The Kier molecular flexibility index (Phi) is 6.16. The van der Waals surface area contributed by atoms with E-state index in [2.05, 4.69) is 10.6 Å². The van der Waals surface area contributed by atoms with Crippen LogP contribution in [0.15, 0.2) is 24.3 Å². The van der Waals surface area contributed by atoms with Crippen LogP contribution in [0, 0.1) is 5.92 Å². The van der Waals surface area contributed by atoms with Crippen LogP contribution < -0.4 is 16.4 Å². The number of rotatable bonds is 5. The van der Waals surface area contributed by atoms with Gasteiger partial charge in [0.1, 0.15) is 0 Å². The van der Waals surface area contributed by atoms with E-state index >= 15 is 0 Å². The molecule has 126 valence electrons. The number of carbonyl (C=O) groups is 2. The van der Waals surface area contributed by atoms with E-state index in [1.807, 2.05) is 31.2 Å². The first kappa shape index (κ1) is 17.5. The zero-order chi connectivity index (χ0) is 16.8. The highest BCUT2D eigenvalue weighted by Crippen LogP contribution is 2.26. The molecular weight excluding hydrogens is 290 g/mol. The second kappa shape index (κ2) is 8.11. The fourth-order valence-corrected chi connectivity index (χ4v) is 3.20. The molecule has 0 bridgehead atoms. The number of amides is 2. The Bertz CT molecular complexity index is 559. The van der Waals surface area contributed by atoms with Gasteiger partial charge in [-0.1, -0.05) is 25.0 Å². The van der Waals surface area contributed by atoms with E-state index in [0.717, 1.165) is 24.1 Å². The zero-order valence-corrected chi connectivity index (χ0v) is 14.0. The van der Waals surface area contributed by atoms with Crippen LogP contribution in [0.25, 0.3) is 0 Å². The second-order valence-electron chi connectivity index (χ2n) is 6.51. The van der Waals surface area contributed by atoms with E-state index in [0.29, 0.717) is 12.3 Å². The van der Waals surface area contributed by atoms with Crippen molar-refractivity contribution >= 4 is 17.5 Å². The van der Waals surface area contributed by atoms with E-state index in [1.54, 1.807) is 0 Å². The summed E-state index contributed by atoms with van der Waals surface area (Å²) in [7, 11) is 0. The van der Waals surface area contributed by atoms with Gasteiger partial charge in [-0.3, -0.25) is 9.59 Å². The summed E-state index contributed by atoms with van der Waals surface area (Å²) in [6, 6.07) is 7.59. The Morgan fingerprint density at radius 1 is 1.30 bits per heavy atom. The Hall–Kier alpha value is -1.88. The lowest BCUT2D eigenvalue weighted by molar-refractivity contribution is -0.123. The highest BCUT2D eigenvalue weighted by atomic mass is 16.2. The van der Waals surface area contributed by atoms with Crippen LogP contribution in [0.5, 0.6) is 0 Å². The molecule has 1 aromatic rings. The molecule has 1 aliphatic rings. The van der Waals surface area contributed by atoms with Crippen molar-refractivity contribution in [3.8, 4) is 0 Å². The molecule has 1 aliphatic carbocycles. The maximum Gasteiger partial charge on any atom is 0.221 e. The summed E-state index contributed by atoms with van der Waals surface area (Å²) < 4.78 is 0. The highest BCUT2D eigenvalue weighted by Gasteiger charge is 2.24. The SMILES string of the molecule is CC(=O)Nc1cccc(C(C)NC(=O)CC2CCCCC2N)c1. The average Bonchev–Trinajstić information content (AvgIpc) is 2.49. The molecule has 1 aromatic carbocycles. The number of carbonyl (C=O) groups excluding carboxylic acids is 2. The first-order valence-electron chi connectivity index (χ1n) is 8.38. The van der Waals surface area contributed by atoms with Crippen LogP contribution >= 0.6 is 0 Å². The topological polar surface area (TPSA) is 84.2 Å². The van der Waals surface area contributed by atoms with Crippen molar-refractivity contribution < 1.29 is 9.59 Å². The van der Waals surface area contributed by atoms with Crippen molar-refractivity contribution in [3.63, 3.8) is 0 Å². The van der Waals surface area contributed by atoms with Crippen LogP contribution in [0.2, 0.25) is 0 Å². The zero-order valence-electron chi connectivity index (χ0n) is 14.0. The number of hydrogen-bond donors (Lipinski definition) is 3. The molecule has 0 radical (unpaired) electrons. The highest BCUT2D eigenvalue weighted by molar-refractivity contribution is 5.88. The maximum absolute atomic E-state index is 12.3. The summed E-state index contributed by atoms with van der Waals surface area (Å²) in [5, 5.41) is 5.79. The number of nitrogens with two attached hydrogens (primary N) is 1. The minimum atomic E-state index is -0.106. The summed E-state index contributed by atoms with van der Waals surface area (Å²) in [5.74, 6) is 0.233. The van der Waals surface area contributed by atoms with Gasteiger partial charge in [0.2, 0.25) is 11.8 Å². The normalized spacial score (nSPS) is 22.2. The molecule has 0 spiro atoms. The van der Waals surface area contributed by atoms with Crippen molar-refractivity contribution in [1.82, 2.24) is 5.32 Å². The van der Waals surface area contributed by atoms with E-state index < -0.39 is 0 Å². The first-order chi connectivity index (χ1) is 11.0. The molecule has 5 heteroatoms. The average molecular weight is 317 g/mol. The molecule has 4 N–H and O–H groups in total. The Labute approximate surface area is 138 Å². The quantitative estimate of drug-likeness (QED) is 0.780. The molecule has 0 heterocycles. The molecule has 3 atom stereocenters. The van der Waals surface area contributed by atoms with Crippen LogP contribution in [0.3, 0.4) is 0 Å². The molecule has 23 heavy (non-hydrogen) atoms. The molecule has 1 fully saturated rings. The summed E-state index contributed by atoms with van der Waals surface area (Å²) in [6.45, 7) is 3.43. The summed E-state index contributed by atoms with van der Waals surface area (Å²) >= 11 is 0. The minimum Gasteiger partial charge on any atom is -0.350 e. The number of benzene rings is 1. The molecule has 5 nitrogen and oxygen atoms in total. The minimum absolute atomic E-state index is 0.0461. The van der Waals surface area contributed by atoms with Gasteiger partial charge in [0, 0.05) is 25.1 Å². The van der Waals surface area contributed by atoms with Crippen LogP contribution in [0.1, 0.15) is 57.6 Å². The predicted molar refractivity (Wildman–Crippen MR) is 91.9 cm³/mol. The third kappa shape index (κ3) is 5.36.